The predicted molar refractivity (Wildman–Crippen MR) is 79.1 cm³/mol. The molecule has 0 saturated carbocycles. The maximum absolute atomic E-state index is 12.6. The Labute approximate surface area is 122 Å². The number of amides is 2. The predicted octanol–water partition coefficient (Wildman–Crippen LogP) is 2.33. The molecule has 0 aromatic heterocycles. The first kappa shape index (κ1) is 15.5. The molecule has 0 aromatic rings. The lowest BCUT2D eigenvalue weighted by Gasteiger charge is -2.48. The van der Waals surface area contributed by atoms with Crippen molar-refractivity contribution >= 4 is 11.8 Å². The molecule has 2 aliphatic heterocycles. The molecule has 1 atom stereocenters. The van der Waals surface area contributed by atoms with Crippen molar-refractivity contribution in [2.75, 3.05) is 0 Å². The average Bonchev–Trinajstić information content (AvgIpc) is 2.49. The molecule has 4 nitrogen and oxygen atoms in total. The number of carbonyl (C=O) groups is 2. The largest absolute Gasteiger partial charge is 0.307 e. The van der Waals surface area contributed by atoms with Crippen molar-refractivity contribution in [3.05, 3.63) is 0 Å². The summed E-state index contributed by atoms with van der Waals surface area (Å²) in [6.45, 7) is 12.6. The number of piperidine rings is 1. The summed E-state index contributed by atoms with van der Waals surface area (Å²) in [5.41, 5.74) is -0.105. The summed E-state index contributed by atoms with van der Waals surface area (Å²) in [7, 11) is 0. The van der Waals surface area contributed by atoms with E-state index in [-0.39, 0.29) is 40.8 Å². The Morgan fingerprint density at radius 2 is 1.60 bits per heavy atom. The zero-order valence-corrected chi connectivity index (χ0v) is 13.6. The van der Waals surface area contributed by atoms with Crippen LogP contribution in [0.1, 0.15) is 60.8 Å². The van der Waals surface area contributed by atoms with E-state index < -0.39 is 0 Å². The van der Waals surface area contributed by atoms with Gasteiger partial charge in [0.15, 0.2) is 0 Å². The minimum Gasteiger partial charge on any atom is -0.307 e. The van der Waals surface area contributed by atoms with Gasteiger partial charge in [-0.3, -0.25) is 14.5 Å². The van der Waals surface area contributed by atoms with E-state index in [4.69, 9.17) is 0 Å². The lowest BCUT2D eigenvalue weighted by molar-refractivity contribution is -0.144. The highest BCUT2D eigenvalue weighted by atomic mass is 16.2. The van der Waals surface area contributed by atoms with E-state index in [1.165, 1.54) is 0 Å². The molecule has 1 unspecified atom stereocenters. The zero-order chi connectivity index (χ0) is 15.3. The second-order valence-electron chi connectivity index (χ2n) is 8.11. The molecule has 2 aliphatic rings. The third-order valence-corrected chi connectivity index (χ3v) is 4.56. The van der Waals surface area contributed by atoms with Crippen LogP contribution in [0.25, 0.3) is 0 Å². The van der Waals surface area contributed by atoms with Crippen LogP contribution in [0.15, 0.2) is 0 Å². The maximum Gasteiger partial charge on any atom is 0.233 e. The lowest BCUT2D eigenvalue weighted by atomic mass is 9.79. The van der Waals surface area contributed by atoms with E-state index in [1.54, 1.807) is 4.90 Å². The lowest BCUT2D eigenvalue weighted by Crippen LogP contribution is -2.62. The molecule has 2 fully saturated rings. The van der Waals surface area contributed by atoms with Gasteiger partial charge in [-0.1, -0.05) is 13.8 Å². The van der Waals surface area contributed by atoms with E-state index in [2.05, 4.69) is 33.0 Å². The van der Waals surface area contributed by atoms with Gasteiger partial charge in [0.25, 0.3) is 0 Å². The number of likely N-dealkylation sites (tertiary alicyclic amines) is 1. The highest BCUT2D eigenvalue weighted by Gasteiger charge is 2.48. The fourth-order valence-corrected chi connectivity index (χ4v) is 4.03. The second-order valence-corrected chi connectivity index (χ2v) is 8.11. The van der Waals surface area contributed by atoms with Gasteiger partial charge in [0.2, 0.25) is 11.8 Å². The van der Waals surface area contributed by atoms with Crippen LogP contribution in [0, 0.1) is 11.8 Å². The fourth-order valence-electron chi connectivity index (χ4n) is 4.03. The monoisotopic (exact) mass is 280 g/mol. The van der Waals surface area contributed by atoms with Crippen molar-refractivity contribution in [3.8, 4) is 0 Å². The van der Waals surface area contributed by atoms with Gasteiger partial charge in [-0.15, -0.1) is 0 Å². The van der Waals surface area contributed by atoms with Gasteiger partial charge in [-0.2, -0.15) is 0 Å². The van der Waals surface area contributed by atoms with E-state index in [0.717, 1.165) is 12.8 Å². The summed E-state index contributed by atoms with van der Waals surface area (Å²) < 4.78 is 0. The van der Waals surface area contributed by atoms with Gasteiger partial charge in [-0.25, -0.2) is 0 Å². The Kier molecular flexibility index (Phi) is 3.74. The maximum atomic E-state index is 12.6. The van der Waals surface area contributed by atoms with Gasteiger partial charge >= 0.3 is 0 Å². The molecule has 114 valence electrons. The van der Waals surface area contributed by atoms with Gasteiger partial charge in [0.1, 0.15) is 0 Å². The molecule has 20 heavy (non-hydrogen) atoms. The van der Waals surface area contributed by atoms with E-state index >= 15 is 0 Å². The smallest absolute Gasteiger partial charge is 0.233 e. The minimum absolute atomic E-state index is 0.0206. The van der Waals surface area contributed by atoms with Crippen LogP contribution in [0.2, 0.25) is 0 Å². The van der Waals surface area contributed by atoms with E-state index in [9.17, 15) is 9.59 Å². The summed E-state index contributed by atoms with van der Waals surface area (Å²) in [6.07, 6.45) is 2.05. The normalized spacial score (nSPS) is 30.4. The number of hydrogen-bond acceptors (Lipinski definition) is 3. The second kappa shape index (κ2) is 4.83. The van der Waals surface area contributed by atoms with Crippen molar-refractivity contribution in [1.82, 2.24) is 10.2 Å². The SMILES string of the molecule is CC(C)C1CC(=O)N(C2CC(C)(C)NC(C)(C)C2)C1=O. The van der Waals surface area contributed by atoms with Crippen molar-refractivity contribution in [2.45, 2.75) is 77.9 Å². The highest BCUT2D eigenvalue weighted by Crippen LogP contribution is 2.36. The van der Waals surface area contributed by atoms with Crippen LogP contribution in [0.4, 0.5) is 0 Å². The first-order valence-electron chi connectivity index (χ1n) is 7.68. The summed E-state index contributed by atoms with van der Waals surface area (Å²) in [5.74, 6) is 0.179. The summed E-state index contributed by atoms with van der Waals surface area (Å²) in [5, 5.41) is 3.60. The minimum atomic E-state index is -0.122. The third kappa shape index (κ3) is 2.90. The van der Waals surface area contributed by atoms with Crippen LogP contribution in [-0.4, -0.2) is 33.8 Å². The van der Waals surface area contributed by atoms with Crippen molar-refractivity contribution in [3.63, 3.8) is 0 Å². The zero-order valence-electron chi connectivity index (χ0n) is 13.6. The summed E-state index contributed by atoms with van der Waals surface area (Å²) >= 11 is 0. The number of imide groups is 1. The molecule has 0 aromatic carbocycles. The van der Waals surface area contributed by atoms with E-state index in [0.29, 0.717) is 6.42 Å². The van der Waals surface area contributed by atoms with Gasteiger partial charge in [0, 0.05) is 29.5 Å². The summed E-state index contributed by atoms with van der Waals surface area (Å²) in [4.78, 5) is 26.4. The topological polar surface area (TPSA) is 49.4 Å². The molecule has 0 bridgehead atoms. The number of nitrogens with one attached hydrogen (secondary N) is 1. The third-order valence-electron chi connectivity index (χ3n) is 4.56. The van der Waals surface area contributed by atoms with Crippen LogP contribution >= 0.6 is 0 Å². The molecular weight excluding hydrogens is 252 g/mol. The molecule has 2 heterocycles. The molecule has 2 saturated heterocycles. The molecule has 4 heteroatoms. The number of hydrogen-bond donors (Lipinski definition) is 1. The first-order chi connectivity index (χ1) is 9.02. The number of nitrogens with zero attached hydrogens (tertiary/aromatic N) is 1. The van der Waals surface area contributed by atoms with Crippen LogP contribution in [-0.2, 0) is 9.59 Å². The van der Waals surface area contributed by atoms with Gasteiger partial charge < -0.3 is 5.32 Å². The average molecular weight is 280 g/mol. The number of rotatable bonds is 2. The molecule has 0 spiro atoms. The van der Waals surface area contributed by atoms with Crippen molar-refractivity contribution < 1.29 is 9.59 Å². The Bertz CT molecular complexity index is 410. The van der Waals surface area contributed by atoms with Gasteiger partial charge in [-0.05, 0) is 46.5 Å². The Morgan fingerprint density at radius 3 is 2.00 bits per heavy atom. The van der Waals surface area contributed by atoms with Crippen LogP contribution in [0.3, 0.4) is 0 Å². The molecule has 0 aliphatic carbocycles. The number of carbonyl (C=O) groups excluding carboxylic acids is 2. The van der Waals surface area contributed by atoms with Gasteiger partial charge in [0.05, 0.1) is 0 Å². The molecule has 1 N–H and O–H groups in total. The van der Waals surface area contributed by atoms with Crippen LogP contribution < -0.4 is 5.32 Å². The molecule has 2 rings (SSSR count). The molecule has 0 radical (unpaired) electrons. The van der Waals surface area contributed by atoms with Crippen molar-refractivity contribution in [1.29, 1.82) is 0 Å². The quantitative estimate of drug-likeness (QED) is 0.790. The Morgan fingerprint density at radius 1 is 1.10 bits per heavy atom. The van der Waals surface area contributed by atoms with E-state index in [1.807, 2.05) is 13.8 Å². The highest BCUT2D eigenvalue weighted by molar-refractivity contribution is 6.04. The molecular formula is C16H28N2O2. The summed E-state index contributed by atoms with van der Waals surface area (Å²) in [6, 6.07) is 0.0324. The Balaban J connectivity index is 2.23. The standard InChI is InChI=1S/C16H28N2O2/c1-10(2)12-7-13(19)18(14(12)20)11-8-15(3,4)17-16(5,6)9-11/h10-12,17H,7-9H2,1-6H3. The Hall–Kier alpha value is -0.900. The van der Waals surface area contributed by atoms with Crippen molar-refractivity contribution in [2.24, 2.45) is 11.8 Å². The fraction of sp³-hybridized carbons (Fsp3) is 0.875. The molecule has 2 amide bonds. The van der Waals surface area contributed by atoms with Crippen LogP contribution in [0.5, 0.6) is 0 Å². The first-order valence-corrected chi connectivity index (χ1v) is 7.68.